The van der Waals surface area contributed by atoms with E-state index in [4.69, 9.17) is 11.6 Å². The third kappa shape index (κ3) is 2.21. The van der Waals surface area contributed by atoms with Gasteiger partial charge in [0.25, 0.3) is 5.96 Å². The molecule has 1 fully saturated rings. The van der Waals surface area contributed by atoms with Crippen molar-refractivity contribution in [2.45, 2.75) is 64.1 Å². The van der Waals surface area contributed by atoms with Crippen molar-refractivity contribution in [1.29, 1.82) is 0 Å². The van der Waals surface area contributed by atoms with Gasteiger partial charge in [0.2, 0.25) is 5.28 Å². The van der Waals surface area contributed by atoms with Gasteiger partial charge in [-0.25, -0.2) is 4.98 Å². The molecule has 0 bridgehead atoms. The number of fused-ring (bicyclic) bond motifs is 6. The normalized spacial score (nSPS) is 27.5. The Balaban J connectivity index is 1.58. The lowest BCUT2D eigenvalue weighted by Gasteiger charge is -2.45. The minimum atomic E-state index is -0.0638. The Morgan fingerprint density at radius 3 is 2.81 bits per heavy atom. The third-order valence-corrected chi connectivity index (χ3v) is 6.03. The molecule has 1 saturated carbocycles. The van der Waals surface area contributed by atoms with Crippen LogP contribution in [0.15, 0.2) is 17.5 Å². The molecule has 1 aliphatic carbocycles. The summed E-state index contributed by atoms with van der Waals surface area (Å²) in [6.07, 6.45) is 8.66. The lowest BCUT2D eigenvalue weighted by atomic mass is 9.80. The van der Waals surface area contributed by atoms with Crippen molar-refractivity contribution in [3.05, 3.63) is 23.4 Å². The van der Waals surface area contributed by atoms with E-state index in [0.29, 0.717) is 17.2 Å². The number of hydrazone groups is 1. The lowest BCUT2D eigenvalue weighted by molar-refractivity contribution is 0.176. The van der Waals surface area contributed by atoms with E-state index >= 15 is 0 Å². The van der Waals surface area contributed by atoms with Crippen LogP contribution in [0.2, 0.25) is 5.28 Å². The average Bonchev–Trinajstić information content (AvgIpc) is 3.31. The molecule has 2 aromatic heterocycles. The highest BCUT2D eigenvalue weighted by molar-refractivity contribution is 6.28. The average molecular weight is 375 g/mol. The molecule has 0 amide bonds. The van der Waals surface area contributed by atoms with Gasteiger partial charge in [0, 0.05) is 17.4 Å². The Bertz CT molecular complexity index is 876. The Hall–Kier alpha value is -2.09. The van der Waals surface area contributed by atoms with Crippen LogP contribution >= 0.6 is 11.6 Å². The first-order valence-electron chi connectivity index (χ1n) is 9.23. The van der Waals surface area contributed by atoms with Crippen LogP contribution in [-0.2, 0) is 5.41 Å². The van der Waals surface area contributed by atoms with Crippen LogP contribution in [0, 0.1) is 5.92 Å². The predicted molar refractivity (Wildman–Crippen MR) is 99.2 cm³/mol. The number of aromatic nitrogens is 5. The Morgan fingerprint density at radius 1 is 1.23 bits per heavy atom. The molecular formula is C17H23ClN8. The number of rotatable bonds is 0. The summed E-state index contributed by atoms with van der Waals surface area (Å²) in [5.41, 5.74) is 4.21. The molecule has 26 heavy (non-hydrogen) atoms. The van der Waals surface area contributed by atoms with Gasteiger partial charge in [-0.1, -0.05) is 38.8 Å². The van der Waals surface area contributed by atoms with E-state index in [2.05, 4.69) is 56.1 Å². The predicted octanol–water partition coefficient (Wildman–Crippen LogP) is 2.73. The zero-order chi connectivity index (χ0) is 18.1. The lowest BCUT2D eigenvalue weighted by Crippen LogP contribution is -2.54. The standard InChI is InChI=1S/C17H23ClN8/c1-17(2,3)12-9-24(23-20-12)16-22-21-14-10-6-4-5-7-11(10)25-13(26(14)16)8-19-15(25)18/h8-11,14,21H,4-7H2,1-3H3. The molecule has 4 heterocycles. The van der Waals surface area contributed by atoms with E-state index in [1.165, 1.54) is 12.8 Å². The first kappa shape index (κ1) is 16.1. The molecule has 2 aliphatic heterocycles. The fourth-order valence-corrected chi connectivity index (χ4v) is 4.66. The molecule has 3 aliphatic rings. The molecular weight excluding hydrogens is 352 g/mol. The highest BCUT2D eigenvalue weighted by atomic mass is 35.5. The Labute approximate surface area is 157 Å². The van der Waals surface area contributed by atoms with Crippen molar-refractivity contribution in [3.63, 3.8) is 0 Å². The summed E-state index contributed by atoms with van der Waals surface area (Å²) in [5, 5.41) is 13.8. The summed E-state index contributed by atoms with van der Waals surface area (Å²) in [6.45, 7) is 6.38. The first-order valence-corrected chi connectivity index (χ1v) is 9.61. The molecule has 0 saturated heterocycles. The van der Waals surface area contributed by atoms with Crippen LogP contribution in [0.3, 0.4) is 0 Å². The summed E-state index contributed by atoms with van der Waals surface area (Å²) in [5.74, 6) is 2.13. The zero-order valence-corrected chi connectivity index (χ0v) is 16.0. The maximum Gasteiger partial charge on any atom is 0.252 e. The summed E-state index contributed by atoms with van der Waals surface area (Å²) >= 11 is 6.46. The number of halogens is 1. The number of hydrogen-bond donors (Lipinski definition) is 1. The SMILES string of the molecule is CC(C)(C)c1cn(C2=NNC3C4CCCCC4n4c(cnc4Cl)N23)nn1. The second kappa shape index (κ2) is 5.45. The van der Waals surface area contributed by atoms with Crippen molar-refractivity contribution in [3.8, 4) is 0 Å². The van der Waals surface area contributed by atoms with Gasteiger partial charge in [0.1, 0.15) is 12.0 Å². The molecule has 3 unspecified atom stereocenters. The fraction of sp³-hybridized carbons (Fsp3) is 0.647. The number of hydrogen-bond acceptors (Lipinski definition) is 6. The molecule has 138 valence electrons. The highest BCUT2D eigenvalue weighted by Gasteiger charge is 2.48. The molecule has 0 radical (unpaired) electrons. The zero-order valence-electron chi connectivity index (χ0n) is 15.2. The monoisotopic (exact) mass is 374 g/mol. The summed E-state index contributed by atoms with van der Waals surface area (Å²) in [6, 6.07) is 0.373. The number of anilines is 1. The fourth-order valence-electron chi connectivity index (χ4n) is 4.40. The molecule has 2 aromatic rings. The maximum absolute atomic E-state index is 6.46. The van der Waals surface area contributed by atoms with Gasteiger partial charge in [-0.15, -0.1) is 10.2 Å². The van der Waals surface area contributed by atoms with Gasteiger partial charge in [-0.2, -0.15) is 4.68 Å². The largest absolute Gasteiger partial charge is 0.298 e. The van der Waals surface area contributed by atoms with Crippen LogP contribution in [0.25, 0.3) is 0 Å². The van der Waals surface area contributed by atoms with Crippen molar-refractivity contribution >= 4 is 23.4 Å². The summed E-state index contributed by atoms with van der Waals surface area (Å²) in [7, 11) is 0. The highest BCUT2D eigenvalue weighted by Crippen LogP contribution is 2.46. The van der Waals surface area contributed by atoms with Crippen molar-refractivity contribution < 1.29 is 0 Å². The van der Waals surface area contributed by atoms with Crippen molar-refractivity contribution in [2.24, 2.45) is 11.0 Å². The summed E-state index contributed by atoms with van der Waals surface area (Å²) in [4.78, 5) is 6.55. The number of nitrogens with one attached hydrogen (secondary N) is 1. The molecule has 0 spiro atoms. The van der Waals surface area contributed by atoms with Crippen molar-refractivity contribution in [1.82, 2.24) is 30.0 Å². The molecule has 0 aromatic carbocycles. The van der Waals surface area contributed by atoms with E-state index < -0.39 is 0 Å². The minimum absolute atomic E-state index is 0.0638. The molecule has 1 N–H and O–H groups in total. The van der Waals surface area contributed by atoms with Crippen LogP contribution in [-0.4, -0.2) is 36.7 Å². The van der Waals surface area contributed by atoms with E-state index in [9.17, 15) is 0 Å². The first-order chi connectivity index (χ1) is 12.4. The van der Waals surface area contributed by atoms with Gasteiger partial charge in [-0.3, -0.25) is 14.9 Å². The Morgan fingerprint density at radius 2 is 2.04 bits per heavy atom. The number of nitrogens with zero attached hydrogens (tertiary/aromatic N) is 7. The number of imidazole rings is 1. The van der Waals surface area contributed by atoms with Crippen LogP contribution < -0.4 is 10.3 Å². The quantitative estimate of drug-likeness (QED) is 0.767. The third-order valence-electron chi connectivity index (χ3n) is 5.75. The molecule has 8 nitrogen and oxygen atoms in total. The minimum Gasteiger partial charge on any atom is -0.298 e. The van der Waals surface area contributed by atoms with Crippen molar-refractivity contribution in [2.75, 3.05) is 4.90 Å². The topological polar surface area (TPSA) is 76.2 Å². The van der Waals surface area contributed by atoms with Gasteiger partial charge < -0.3 is 0 Å². The van der Waals surface area contributed by atoms with E-state index in [1.54, 1.807) is 4.68 Å². The van der Waals surface area contributed by atoms with Crippen LogP contribution in [0.1, 0.15) is 58.2 Å². The van der Waals surface area contributed by atoms with Gasteiger partial charge >= 0.3 is 0 Å². The van der Waals surface area contributed by atoms with Gasteiger partial charge in [-0.05, 0) is 24.4 Å². The van der Waals surface area contributed by atoms with E-state index in [0.717, 1.165) is 30.3 Å². The van der Waals surface area contributed by atoms with Gasteiger partial charge in [0.05, 0.1) is 18.1 Å². The smallest absolute Gasteiger partial charge is 0.252 e. The molecule has 9 heteroatoms. The summed E-state index contributed by atoms with van der Waals surface area (Å²) < 4.78 is 3.92. The molecule has 5 rings (SSSR count). The van der Waals surface area contributed by atoms with E-state index in [-0.39, 0.29) is 11.6 Å². The van der Waals surface area contributed by atoms with Crippen LogP contribution in [0.4, 0.5) is 5.82 Å². The second-order valence-electron chi connectivity index (χ2n) is 8.43. The molecule has 3 atom stereocenters. The van der Waals surface area contributed by atoms with E-state index in [1.807, 2.05) is 12.4 Å². The maximum atomic E-state index is 6.46. The second-order valence-corrected chi connectivity index (χ2v) is 8.76. The van der Waals surface area contributed by atoms with Gasteiger partial charge in [0.15, 0.2) is 0 Å². The van der Waals surface area contributed by atoms with Crippen LogP contribution in [0.5, 0.6) is 0 Å². The Kier molecular flexibility index (Phi) is 3.38.